The summed E-state index contributed by atoms with van der Waals surface area (Å²) < 4.78 is 15.5. The van der Waals surface area contributed by atoms with Gasteiger partial charge in [-0.25, -0.2) is 4.79 Å². The number of benzene rings is 1. The lowest BCUT2D eigenvalue weighted by Crippen LogP contribution is -2.46. The average Bonchev–Trinajstić information content (AvgIpc) is 2.54. The van der Waals surface area contributed by atoms with Crippen LogP contribution in [0.3, 0.4) is 0 Å². The number of carbonyl (C=O) groups is 2. The molecule has 1 fully saturated rings. The second kappa shape index (κ2) is 7.79. The largest absolute Gasteiger partial charge is 0.497 e. The van der Waals surface area contributed by atoms with Crippen LogP contribution in [-0.4, -0.2) is 44.7 Å². The fourth-order valence-electron chi connectivity index (χ4n) is 2.37. The lowest BCUT2D eigenvalue weighted by atomic mass is 9.92. The molecule has 22 heavy (non-hydrogen) atoms. The highest BCUT2D eigenvalue weighted by Gasteiger charge is 2.36. The van der Waals surface area contributed by atoms with Crippen LogP contribution in [0.1, 0.15) is 13.3 Å². The fraction of sp³-hybridized carbons (Fsp3) is 0.500. The van der Waals surface area contributed by atoms with Crippen molar-refractivity contribution in [1.29, 1.82) is 0 Å². The molecule has 1 aliphatic heterocycles. The van der Waals surface area contributed by atoms with E-state index in [1.807, 2.05) is 0 Å². The van der Waals surface area contributed by atoms with Crippen LogP contribution in [0, 0.1) is 5.92 Å². The molecule has 2 atom stereocenters. The van der Waals surface area contributed by atoms with Gasteiger partial charge in [0.2, 0.25) is 0 Å². The molecule has 0 spiro atoms. The summed E-state index contributed by atoms with van der Waals surface area (Å²) in [5.41, 5.74) is 0.720. The van der Waals surface area contributed by atoms with Crippen molar-refractivity contribution >= 4 is 17.4 Å². The number of esters is 1. The number of hydrogen-bond acceptors (Lipinski definition) is 6. The summed E-state index contributed by atoms with van der Waals surface area (Å²) in [5.74, 6) is -0.238. The zero-order chi connectivity index (χ0) is 15.9. The molecular weight excluding hydrogens is 286 g/mol. The second-order valence-electron chi connectivity index (χ2n) is 5.00. The van der Waals surface area contributed by atoms with Crippen LogP contribution in [0.5, 0.6) is 5.75 Å². The minimum Gasteiger partial charge on any atom is -0.497 e. The number of ether oxygens (including phenoxy) is 3. The lowest BCUT2D eigenvalue weighted by molar-refractivity contribution is -0.150. The Labute approximate surface area is 129 Å². The van der Waals surface area contributed by atoms with Crippen LogP contribution in [0.4, 0.5) is 5.69 Å². The van der Waals surface area contributed by atoms with Gasteiger partial charge in [0, 0.05) is 12.1 Å². The van der Waals surface area contributed by atoms with Crippen molar-refractivity contribution in [2.75, 3.05) is 32.2 Å². The Hall–Kier alpha value is -2.08. The highest BCUT2D eigenvalue weighted by Crippen LogP contribution is 2.21. The third-order valence-corrected chi connectivity index (χ3v) is 3.56. The van der Waals surface area contributed by atoms with E-state index in [4.69, 9.17) is 14.2 Å². The molecule has 1 aromatic carbocycles. The van der Waals surface area contributed by atoms with Crippen LogP contribution in [0.2, 0.25) is 0 Å². The second-order valence-corrected chi connectivity index (χ2v) is 5.00. The quantitative estimate of drug-likeness (QED) is 0.806. The molecule has 0 unspecified atom stereocenters. The summed E-state index contributed by atoms with van der Waals surface area (Å²) in [6, 6.07) is 6.40. The van der Waals surface area contributed by atoms with E-state index in [1.54, 1.807) is 38.3 Å². The van der Waals surface area contributed by atoms with Gasteiger partial charge in [0.1, 0.15) is 17.6 Å². The molecule has 1 aromatic rings. The number of ketones is 1. The average molecular weight is 307 g/mol. The van der Waals surface area contributed by atoms with Gasteiger partial charge in [-0.15, -0.1) is 0 Å². The van der Waals surface area contributed by atoms with Gasteiger partial charge in [-0.3, -0.25) is 4.79 Å². The first kappa shape index (κ1) is 16.3. The van der Waals surface area contributed by atoms with E-state index >= 15 is 0 Å². The Bertz CT molecular complexity index is 514. The molecule has 1 heterocycles. The fourth-order valence-corrected chi connectivity index (χ4v) is 2.37. The SMILES string of the molecule is CCOC(=O)[C@@H](Nc1ccc(OC)cc1)[C@H]1COCCC1=O. The molecule has 1 saturated heterocycles. The normalized spacial score (nSPS) is 19.4. The van der Waals surface area contributed by atoms with Gasteiger partial charge in [-0.2, -0.15) is 0 Å². The molecule has 0 amide bonds. The number of Topliss-reactive ketones (excluding diaryl/α,β-unsaturated/α-hetero) is 1. The molecule has 0 aliphatic carbocycles. The molecule has 0 bridgehead atoms. The summed E-state index contributed by atoms with van der Waals surface area (Å²) in [5, 5.41) is 3.08. The van der Waals surface area contributed by atoms with Crippen LogP contribution >= 0.6 is 0 Å². The summed E-state index contributed by atoms with van der Waals surface area (Å²) in [6.07, 6.45) is 0.324. The minimum atomic E-state index is -0.749. The molecule has 1 aliphatic rings. The van der Waals surface area contributed by atoms with Crippen LogP contribution in [0.15, 0.2) is 24.3 Å². The van der Waals surface area contributed by atoms with Crippen molar-refractivity contribution in [1.82, 2.24) is 0 Å². The van der Waals surface area contributed by atoms with E-state index in [0.29, 0.717) is 13.0 Å². The molecule has 6 heteroatoms. The van der Waals surface area contributed by atoms with Crippen LogP contribution in [-0.2, 0) is 19.1 Å². The number of hydrogen-bond donors (Lipinski definition) is 1. The predicted octanol–water partition coefficient (Wildman–Crippen LogP) is 1.64. The number of anilines is 1. The Morgan fingerprint density at radius 3 is 2.73 bits per heavy atom. The Kier molecular flexibility index (Phi) is 5.77. The van der Waals surface area contributed by atoms with Gasteiger partial charge in [0.05, 0.1) is 32.8 Å². The first-order chi connectivity index (χ1) is 10.7. The van der Waals surface area contributed by atoms with E-state index in [0.717, 1.165) is 11.4 Å². The third kappa shape index (κ3) is 3.98. The molecule has 6 nitrogen and oxygen atoms in total. The van der Waals surface area contributed by atoms with E-state index in [9.17, 15) is 9.59 Å². The maximum absolute atomic E-state index is 12.2. The summed E-state index contributed by atoms with van der Waals surface area (Å²) in [4.78, 5) is 24.3. The maximum atomic E-state index is 12.2. The lowest BCUT2D eigenvalue weighted by Gasteiger charge is -2.28. The van der Waals surface area contributed by atoms with Crippen LogP contribution in [0.25, 0.3) is 0 Å². The Morgan fingerprint density at radius 2 is 2.14 bits per heavy atom. The number of nitrogens with one attached hydrogen (secondary N) is 1. The first-order valence-corrected chi connectivity index (χ1v) is 7.33. The van der Waals surface area contributed by atoms with E-state index in [-0.39, 0.29) is 19.0 Å². The van der Waals surface area contributed by atoms with Gasteiger partial charge in [0.25, 0.3) is 0 Å². The number of methoxy groups -OCH3 is 1. The van der Waals surface area contributed by atoms with Crippen LogP contribution < -0.4 is 10.1 Å². The van der Waals surface area contributed by atoms with Crippen molar-refractivity contribution in [3.05, 3.63) is 24.3 Å². The van der Waals surface area contributed by atoms with Crippen molar-refractivity contribution in [2.24, 2.45) is 5.92 Å². The number of carbonyl (C=O) groups excluding carboxylic acids is 2. The highest BCUT2D eigenvalue weighted by molar-refractivity contribution is 5.91. The van der Waals surface area contributed by atoms with Crippen molar-refractivity contribution in [2.45, 2.75) is 19.4 Å². The third-order valence-electron chi connectivity index (χ3n) is 3.56. The van der Waals surface area contributed by atoms with E-state index < -0.39 is 17.9 Å². The number of rotatable bonds is 6. The molecule has 0 aromatic heterocycles. The smallest absolute Gasteiger partial charge is 0.329 e. The molecular formula is C16H21NO5. The Morgan fingerprint density at radius 1 is 1.41 bits per heavy atom. The summed E-state index contributed by atoms with van der Waals surface area (Å²) >= 11 is 0. The molecule has 2 rings (SSSR count). The zero-order valence-electron chi connectivity index (χ0n) is 12.8. The van der Waals surface area contributed by atoms with Gasteiger partial charge in [-0.05, 0) is 31.2 Å². The topological polar surface area (TPSA) is 73.9 Å². The predicted molar refractivity (Wildman–Crippen MR) is 81.0 cm³/mol. The molecule has 1 N–H and O–H groups in total. The molecule has 0 saturated carbocycles. The van der Waals surface area contributed by atoms with Gasteiger partial charge in [-0.1, -0.05) is 0 Å². The molecule has 0 radical (unpaired) electrons. The van der Waals surface area contributed by atoms with Crippen molar-refractivity contribution < 1.29 is 23.8 Å². The van der Waals surface area contributed by atoms with Gasteiger partial charge >= 0.3 is 5.97 Å². The van der Waals surface area contributed by atoms with Crippen molar-refractivity contribution in [3.8, 4) is 5.75 Å². The minimum absolute atomic E-state index is 0.0188. The standard InChI is InChI=1S/C16H21NO5/c1-3-22-16(19)15(13-10-21-9-8-14(13)18)17-11-4-6-12(20-2)7-5-11/h4-7,13,15,17H,3,8-10H2,1-2H3/t13-,15-/m0/s1. The zero-order valence-corrected chi connectivity index (χ0v) is 12.8. The summed E-state index contributed by atoms with van der Waals surface area (Å²) in [6.45, 7) is 2.64. The highest BCUT2D eigenvalue weighted by atomic mass is 16.5. The van der Waals surface area contributed by atoms with Gasteiger partial charge in [0.15, 0.2) is 0 Å². The Balaban J connectivity index is 2.15. The van der Waals surface area contributed by atoms with E-state index in [2.05, 4.69) is 5.32 Å². The van der Waals surface area contributed by atoms with E-state index in [1.165, 1.54) is 0 Å². The monoisotopic (exact) mass is 307 g/mol. The molecule has 120 valence electrons. The van der Waals surface area contributed by atoms with Gasteiger partial charge < -0.3 is 19.5 Å². The first-order valence-electron chi connectivity index (χ1n) is 7.33. The maximum Gasteiger partial charge on any atom is 0.329 e. The summed E-state index contributed by atoms with van der Waals surface area (Å²) in [7, 11) is 1.59. The van der Waals surface area contributed by atoms with Crippen molar-refractivity contribution in [3.63, 3.8) is 0 Å².